The van der Waals surface area contributed by atoms with Gasteiger partial charge in [0.25, 0.3) is 0 Å². The number of hydroxylamine groups is 2. The van der Waals surface area contributed by atoms with E-state index >= 15 is 0 Å². The first-order valence-corrected chi connectivity index (χ1v) is 8.26. The Labute approximate surface area is 154 Å². The van der Waals surface area contributed by atoms with Gasteiger partial charge in [-0.05, 0) is 25.0 Å². The van der Waals surface area contributed by atoms with Crippen LogP contribution in [0.4, 0.5) is 10.1 Å². The fourth-order valence-electron chi connectivity index (χ4n) is 3.34. The second-order valence-corrected chi connectivity index (χ2v) is 6.58. The van der Waals surface area contributed by atoms with Gasteiger partial charge in [0.05, 0.1) is 11.2 Å². The summed E-state index contributed by atoms with van der Waals surface area (Å²) < 4.78 is 16.4. The molecule has 2 fully saturated rings. The first-order chi connectivity index (χ1) is 12.0. The van der Waals surface area contributed by atoms with E-state index in [0.717, 1.165) is 18.9 Å². The molecule has 1 aromatic carbocycles. The molecule has 1 aromatic heterocycles. The third kappa shape index (κ3) is 3.15. The van der Waals surface area contributed by atoms with Gasteiger partial charge in [0.15, 0.2) is 0 Å². The second-order valence-electron chi connectivity index (χ2n) is 6.58. The van der Waals surface area contributed by atoms with E-state index in [1.807, 2.05) is 4.90 Å². The van der Waals surface area contributed by atoms with Crippen molar-refractivity contribution in [3.63, 3.8) is 0 Å². The maximum Gasteiger partial charge on any atom is 0.341 e. The lowest BCUT2D eigenvalue weighted by molar-refractivity contribution is -0.0936. The molecule has 0 amide bonds. The minimum absolute atomic E-state index is 0. The molecule has 1 saturated carbocycles. The zero-order valence-corrected chi connectivity index (χ0v) is 14.7. The molecule has 140 valence electrons. The molecular formula is C17H19ClFN3O4. The van der Waals surface area contributed by atoms with Gasteiger partial charge in [0, 0.05) is 43.8 Å². The zero-order chi connectivity index (χ0) is 17.7. The lowest BCUT2D eigenvalue weighted by Crippen LogP contribution is -2.45. The topological polar surface area (TPSA) is 86.0 Å². The minimum Gasteiger partial charge on any atom is -0.477 e. The first-order valence-electron chi connectivity index (χ1n) is 8.26. The molecular weight excluding hydrogens is 365 g/mol. The van der Waals surface area contributed by atoms with Gasteiger partial charge >= 0.3 is 5.97 Å². The minimum atomic E-state index is -1.30. The van der Waals surface area contributed by atoms with Crippen molar-refractivity contribution in [3.05, 3.63) is 39.9 Å². The van der Waals surface area contributed by atoms with E-state index in [2.05, 4.69) is 0 Å². The lowest BCUT2D eigenvalue weighted by atomic mass is 10.1. The van der Waals surface area contributed by atoms with E-state index in [0.29, 0.717) is 37.4 Å². The Hall–Kier alpha value is -2.16. The van der Waals surface area contributed by atoms with Crippen LogP contribution in [-0.2, 0) is 0 Å². The van der Waals surface area contributed by atoms with E-state index in [4.69, 9.17) is 0 Å². The molecule has 0 unspecified atom stereocenters. The predicted octanol–water partition coefficient (Wildman–Crippen LogP) is 2.11. The number of rotatable bonds is 3. The maximum absolute atomic E-state index is 14.6. The standard InChI is InChI=1S/C17H18FN3O4.ClH/c18-13-7-11-14(8-15(13)19-3-5-20(25)6-4-19)21(10-1-2-10)9-12(16(11)22)17(23)24;/h7-10,25H,1-6H2,(H,23,24);1H. The first kappa shape index (κ1) is 18.6. The van der Waals surface area contributed by atoms with Crippen LogP contribution in [0.1, 0.15) is 29.2 Å². The second kappa shape index (κ2) is 6.86. The number of aromatic carboxylic acids is 1. The zero-order valence-electron chi connectivity index (χ0n) is 13.9. The number of carbonyl (C=O) groups is 1. The van der Waals surface area contributed by atoms with Gasteiger partial charge in [-0.3, -0.25) is 4.79 Å². The van der Waals surface area contributed by atoms with Gasteiger partial charge in [0.1, 0.15) is 11.4 Å². The Morgan fingerprint density at radius 1 is 1.15 bits per heavy atom. The molecule has 0 bridgehead atoms. The van der Waals surface area contributed by atoms with E-state index in [1.54, 1.807) is 10.6 Å². The van der Waals surface area contributed by atoms with Crippen LogP contribution in [0.25, 0.3) is 10.9 Å². The fourth-order valence-corrected chi connectivity index (χ4v) is 3.34. The SMILES string of the molecule is Cl.O=C(O)c1cn(C2CC2)c2cc(N3CCN(O)CC3)c(F)cc2c1=O. The molecule has 1 saturated heterocycles. The van der Waals surface area contributed by atoms with Crippen molar-refractivity contribution in [1.82, 2.24) is 9.63 Å². The molecule has 7 nitrogen and oxygen atoms in total. The summed E-state index contributed by atoms with van der Waals surface area (Å²) in [5, 5.41) is 20.0. The van der Waals surface area contributed by atoms with E-state index in [1.165, 1.54) is 11.3 Å². The van der Waals surface area contributed by atoms with E-state index in [9.17, 15) is 24.3 Å². The third-order valence-electron chi connectivity index (χ3n) is 4.87. The van der Waals surface area contributed by atoms with E-state index in [-0.39, 0.29) is 29.4 Å². The summed E-state index contributed by atoms with van der Waals surface area (Å²) in [7, 11) is 0. The highest BCUT2D eigenvalue weighted by atomic mass is 35.5. The fraction of sp³-hybridized carbons (Fsp3) is 0.412. The van der Waals surface area contributed by atoms with Crippen LogP contribution in [0.15, 0.2) is 23.1 Å². The number of piperazine rings is 1. The number of carboxylic acid groups (broad SMARTS) is 1. The number of fused-ring (bicyclic) bond motifs is 1. The van der Waals surface area contributed by atoms with Crippen molar-refractivity contribution < 1.29 is 19.5 Å². The number of halogens is 2. The van der Waals surface area contributed by atoms with Crippen molar-refractivity contribution in [2.75, 3.05) is 31.1 Å². The molecule has 0 spiro atoms. The molecule has 1 aliphatic heterocycles. The molecule has 2 N–H and O–H groups in total. The largest absolute Gasteiger partial charge is 0.477 e. The summed E-state index contributed by atoms with van der Waals surface area (Å²) in [6.45, 7) is 1.76. The average Bonchev–Trinajstić information content (AvgIpc) is 3.41. The van der Waals surface area contributed by atoms with Crippen LogP contribution < -0.4 is 10.3 Å². The molecule has 1 aliphatic carbocycles. The molecule has 9 heteroatoms. The monoisotopic (exact) mass is 383 g/mol. The van der Waals surface area contributed by atoms with Crippen LogP contribution in [0.3, 0.4) is 0 Å². The normalized spacial score (nSPS) is 18.0. The summed E-state index contributed by atoms with van der Waals surface area (Å²) in [6, 6.07) is 2.92. The number of hydrogen-bond donors (Lipinski definition) is 2. The van der Waals surface area contributed by atoms with Gasteiger partial charge in [-0.2, -0.15) is 5.06 Å². The number of aromatic nitrogens is 1. The smallest absolute Gasteiger partial charge is 0.341 e. The maximum atomic E-state index is 14.6. The van der Waals surface area contributed by atoms with Crippen molar-refractivity contribution >= 4 is 35.0 Å². The molecule has 2 aromatic rings. The highest BCUT2D eigenvalue weighted by Crippen LogP contribution is 2.38. The number of hydrogen-bond acceptors (Lipinski definition) is 5. The van der Waals surface area contributed by atoms with Crippen molar-refractivity contribution in [2.45, 2.75) is 18.9 Å². The van der Waals surface area contributed by atoms with Crippen LogP contribution >= 0.6 is 12.4 Å². The number of benzene rings is 1. The molecule has 4 rings (SSSR count). The highest BCUT2D eigenvalue weighted by molar-refractivity contribution is 5.93. The molecule has 2 heterocycles. The Morgan fingerprint density at radius 2 is 1.81 bits per heavy atom. The van der Waals surface area contributed by atoms with Gasteiger partial charge in [0.2, 0.25) is 5.43 Å². The predicted molar refractivity (Wildman–Crippen MR) is 96.2 cm³/mol. The summed E-state index contributed by atoms with van der Waals surface area (Å²) in [5.41, 5.74) is -0.0664. The molecule has 0 radical (unpaired) electrons. The summed E-state index contributed by atoms with van der Waals surface area (Å²) in [5.74, 6) is -1.86. The van der Waals surface area contributed by atoms with Crippen molar-refractivity contribution in [3.8, 4) is 0 Å². The van der Waals surface area contributed by atoms with Crippen LogP contribution in [0.5, 0.6) is 0 Å². The van der Waals surface area contributed by atoms with Gasteiger partial charge in [-0.15, -0.1) is 12.4 Å². The van der Waals surface area contributed by atoms with Crippen LogP contribution in [-0.4, -0.2) is 52.1 Å². The number of pyridine rings is 1. The third-order valence-corrected chi connectivity index (χ3v) is 4.87. The summed E-state index contributed by atoms with van der Waals surface area (Å²) in [6.07, 6.45) is 3.19. The number of nitrogens with zero attached hydrogens (tertiary/aromatic N) is 3. The highest BCUT2D eigenvalue weighted by Gasteiger charge is 2.28. The van der Waals surface area contributed by atoms with Crippen LogP contribution in [0, 0.1) is 5.82 Å². The Kier molecular flexibility index (Phi) is 4.92. The van der Waals surface area contributed by atoms with Gasteiger partial charge in [-0.1, -0.05) is 0 Å². The van der Waals surface area contributed by atoms with Gasteiger partial charge < -0.3 is 19.8 Å². The van der Waals surface area contributed by atoms with Crippen LogP contribution in [0.2, 0.25) is 0 Å². The number of anilines is 1. The quantitative estimate of drug-likeness (QED) is 0.844. The molecule has 0 atom stereocenters. The van der Waals surface area contributed by atoms with E-state index < -0.39 is 17.2 Å². The molecule has 2 aliphatic rings. The summed E-state index contributed by atoms with van der Waals surface area (Å²) >= 11 is 0. The van der Waals surface area contributed by atoms with Crippen molar-refractivity contribution in [1.29, 1.82) is 0 Å². The Morgan fingerprint density at radius 3 is 2.38 bits per heavy atom. The van der Waals surface area contributed by atoms with Crippen molar-refractivity contribution in [2.24, 2.45) is 0 Å². The average molecular weight is 384 g/mol. The lowest BCUT2D eigenvalue weighted by Gasteiger charge is -2.33. The van der Waals surface area contributed by atoms with Gasteiger partial charge in [-0.25, -0.2) is 9.18 Å². The Bertz CT molecular complexity index is 920. The number of carboxylic acids is 1. The summed E-state index contributed by atoms with van der Waals surface area (Å²) in [4.78, 5) is 25.6. The Balaban J connectivity index is 0.00000196. The molecule has 26 heavy (non-hydrogen) atoms.